The molecule has 36 heavy (non-hydrogen) atoms. The van der Waals surface area contributed by atoms with Crippen molar-refractivity contribution in [1.82, 2.24) is 5.32 Å². The van der Waals surface area contributed by atoms with Crippen LogP contribution in [0.4, 0.5) is 21.9 Å². The first kappa shape index (κ1) is 24.8. The molecule has 0 aliphatic carbocycles. The van der Waals surface area contributed by atoms with Crippen LogP contribution in [0.15, 0.2) is 78.9 Å². The molecule has 1 atom stereocenters. The average molecular weight is 487 g/mol. The van der Waals surface area contributed by atoms with Crippen LogP contribution in [0.3, 0.4) is 0 Å². The van der Waals surface area contributed by atoms with Crippen molar-refractivity contribution in [2.75, 3.05) is 41.4 Å². The quantitative estimate of drug-likeness (QED) is 0.494. The number of anilines is 3. The number of nitrogens with one attached hydrogen (secondary N) is 2. The number of para-hydroxylation sites is 2. The molecule has 2 N–H and O–H groups in total. The lowest BCUT2D eigenvalue weighted by molar-refractivity contribution is -0.123. The van der Waals surface area contributed by atoms with Gasteiger partial charge in [0.15, 0.2) is 0 Å². The Morgan fingerprint density at radius 1 is 0.944 bits per heavy atom. The van der Waals surface area contributed by atoms with Gasteiger partial charge in [0.05, 0.1) is 18.0 Å². The van der Waals surface area contributed by atoms with Gasteiger partial charge in [-0.05, 0) is 54.8 Å². The molecule has 8 nitrogen and oxygen atoms in total. The molecule has 3 aromatic carbocycles. The number of carbonyl (C=O) groups excluding carboxylic acids is 3. The summed E-state index contributed by atoms with van der Waals surface area (Å²) < 4.78 is 5.43. The second-order valence-electron chi connectivity index (χ2n) is 8.56. The van der Waals surface area contributed by atoms with Gasteiger partial charge in [-0.1, -0.05) is 49.4 Å². The molecule has 4 amide bonds. The van der Waals surface area contributed by atoms with Crippen LogP contribution >= 0.6 is 0 Å². The second kappa shape index (κ2) is 11.4. The zero-order valence-corrected chi connectivity index (χ0v) is 20.4. The van der Waals surface area contributed by atoms with E-state index in [1.165, 1.54) is 9.80 Å². The lowest BCUT2D eigenvalue weighted by Crippen LogP contribution is -2.52. The van der Waals surface area contributed by atoms with Gasteiger partial charge in [-0.25, -0.2) is 4.79 Å². The number of hydrogen-bond donors (Lipinski definition) is 2. The summed E-state index contributed by atoms with van der Waals surface area (Å²) in [5.74, 6) is 0.261. The number of hydrogen-bond acceptors (Lipinski definition) is 4. The predicted octanol–water partition coefficient (Wildman–Crippen LogP) is 4.39. The van der Waals surface area contributed by atoms with Crippen molar-refractivity contribution in [2.45, 2.75) is 19.8 Å². The summed E-state index contributed by atoms with van der Waals surface area (Å²) in [6.45, 7) is 4.66. The number of nitrogens with zero attached hydrogens (tertiary/aromatic N) is 2. The molecule has 1 unspecified atom stereocenters. The number of amides is 4. The van der Waals surface area contributed by atoms with E-state index in [9.17, 15) is 14.4 Å². The fourth-order valence-electron chi connectivity index (χ4n) is 4.07. The Labute approximate surface area is 210 Å². The van der Waals surface area contributed by atoms with E-state index in [1.54, 1.807) is 48.5 Å². The third-order valence-electron chi connectivity index (χ3n) is 6.00. The Bertz CT molecular complexity index is 1210. The highest BCUT2D eigenvalue weighted by atomic mass is 16.5. The van der Waals surface area contributed by atoms with Crippen molar-refractivity contribution in [3.8, 4) is 5.75 Å². The van der Waals surface area contributed by atoms with Gasteiger partial charge in [-0.3, -0.25) is 19.4 Å². The van der Waals surface area contributed by atoms with Gasteiger partial charge in [0.2, 0.25) is 11.8 Å². The average Bonchev–Trinajstić information content (AvgIpc) is 2.90. The first-order valence-corrected chi connectivity index (χ1v) is 12.0. The highest BCUT2D eigenvalue weighted by Crippen LogP contribution is 2.33. The van der Waals surface area contributed by atoms with Crippen molar-refractivity contribution in [2.24, 2.45) is 0 Å². The van der Waals surface area contributed by atoms with Crippen LogP contribution in [0.5, 0.6) is 5.75 Å². The number of benzene rings is 3. The summed E-state index contributed by atoms with van der Waals surface area (Å²) in [5.41, 5.74) is 2.79. The minimum absolute atomic E-state index is 0.119. The van der Waals surface area contributed by atoms with Crippen LogP contribution in [-0.4, -0.2) is 44.1 Å². The fourth-order valence-corrected chi connectivity index (χ4v) is 4.07. The minimum atomic E-state index is -0.430. The van der Waals surface area contributed by atoms with Crippen molar-refractivity contribution in [1.29, 1.82) is 0 Å². The molecule has 0 radical (unpaired) electrons. The van der Waals surface area contributed by atoms with Gasteiger partial charge < -0.3 is 15.4 Å². The second-order valence-corrected chi connectivity index (χ2v) is 8.56. The Kier molecular flexibility index (Phi) is 7.85. The molecule has 1 aliphatic heterocycles. The summed E-state index contributed by atoms with van der Waals surface area (Å²) in [6.07, 6.45) is 0. The molecule has 186 valence electrons. The molecule has 1 aliphatic rings. The van der Waals surface area contributed by atoms with E-state index >= 15 is 0 Å². The van der Waals surface area contributed by atoms with E-state index in [0.29, 0.717) is 36.0 Å². The third kappa shape index (κ3) is 5.83. The normalized spacial score (nSPS) is 13.6. The van der Waals surface area contributed by atoms with Crippen LogP contribution in [0.2, 0.25) is 0 Å². The summed E-state index contributed by atoms with van der Waals surface area (Å²) in [4.78, 5) is 41.6. The fraction of sp³-hybridized carbons (Fsp3) is 0.250. The van der Waals surface area contributed by atoms with E-state index in [1.807, 2.05) is 44.2 Å². The summed E-state index contributed by atoms with van der Waals surface area (Å²) in [6, 6.07) is 23.6. The minimum Gasteiger partial charge on any atom is -0.494 e. The lowest BCUT2D eigenvalue weighted by Gasteiger charge is -2.35. The zero-order valence-electron chi connectivity index (χ0n) is 20.4. The van der Waals surface area contributed by atoms with Crippen molar-refractivity contribution in [3.05, 3.63) is 84.4 Å². The molecule has 8 heteroatoms. The maximum Gasteiger partial charge on any atom is 0.326 e. The Morgan fingerprint density at radius 2 is 1.61 bits per heavy atom. The van der Waals surface area contributed by atoms with Gasteiger partial charge in [0, 0.05) is 12.2 Å². The predicted molar refractivity (Wildman–Crippen MR) is 141 cm³/mol. The molecule has 1 heterocycles. The zero-order chi connectivity index (χ0) is 25.5. The van der Waals surface area contributed by atoms with E-state index in [-0.39, 0.29) is 30.8 Å². The van der Waals surface area contributed by atoms with Crippen LogP contribution in [0, 0.1) is 0 Å². The molecule has 0 saturated carbocycles. The van der Waals surface area contributed by atoms with Crippen LogP contribution in [0.25, 0.3) is 0 Å². The summed E-state index contributed by atoms with van der Waals surface area (Å²) in [5, 5.41) is 5.75. The molecule has 4 rings (SSSR count). The van der Waals surface area contributed by atoms with Crippen molar-refractivity contribution < 1.29 is 19.1 Å². The number of fused-ring (bicyclic) bond motifs is 1. The van der Waals surface area contributed by atoms with Gasteiger partial charge in [0.25, 0.3) is 0 Å². The maximum absolute atomic E-state index is 13.1. The van der Waals surface area contributed by atoms with Gasteiger partial charge in [0.1, 0.15) is 18.8 Å². The molecular weight excluding hydrogens is 456 g/mol. The number of ether oxygens (including phenoxy) is 1. The molecule has 0 aromatic heterocycles. The number of carbonyl (C=O) groups is 3. The Hall–Kier alpha value is -4.33. The van der Waals surface area contributed by atoms with Gasteiger partial charge in [-0.15, -0.1) is 0 Å². The topological polar surface area (TPSA) is 91.0 Å². The standard InChI is InChI=1S/C28H30N4O4/c1-3-36-23-15-13-22(14-16-23)30-28(35)32-19-27(34)31(24-11-7-8-12-25(24)32)18-26(33)29-17-20(2)21-9-5-4-6-10-21/h4-16,20H,3,17-19H2,1-2H3,(H,29,33)(H,30,35). The van der Waals surface area contributed by atoms with Crippen LogP contribution in [-0.2, 0) is 9.59 Å². The smallest absolute Gasteiger partial charge is 0.326 e. The van der Waals surface area contributed by atoms with E-state index in [0.717, 1.165) is 5.56 Å². The first-order valence-electron chi connectivity index (χ1n) is 12.0. The molecule has 3 aromatic rings. The van der Waals surface area contributed by atoms with Crippen LogP contribution in [0.1, 0.15) is 25.3 Å². The van der Waals surface area contributed by atoms with E-state index in [2.05, 4.69) is 10.6 Å². The SMILES string of the molecule is CCOc1ccc(NC(=O)N2CC(=O)N(CC(=O)NCC(C)c3ccccc3)c3ccccc32)cc1. The molecular formula is C28H30N4O4. The molecule has 0 bridgehead atoms. The number of urea groups is 1. The summed E-state index contributed by atoms with van der Waals surface area (Å²) >= 11 is 0. The van der Waals surface area contributed by atoms with Crippen molar-refractivity contribution >= 4 is 34.9 Å². The molecule has 0 spiro atoms. The monoisotopic (exact) mass is 486 g/mol. The lowest BCUT2D eigenvalue weighted by atomic mass is 10.0. The Morgan fingerprint density at radius 3 is 2.31 bits per heavy atom. The maximum atomic E-state index is 13.1. The van der Waals surface area contributed by atoms with Gasteiger partial charge >= 0.3 is 6.03 Å². The van der Waals surface area contributed by atoms with E-state index < -0.39 is 6.03 Å². The Balaban J connectivity index is 1.42. The van der Waals surface area contributed by atoms with Crippen molar-refractivity contribution in [3.63, 3.8) is 0 Å². The first-order chi connectivity index (χ1) is 17.5. The number of rotatable bonds is 8. The highest BCUT2D eigenvalue weighted by Gasteiger charge is 2.33. The van der Waals surface area contributed by atoms with E-state index in [4.69, 9.17) is 4.74 Å². The molecule has 0 saturated heterocycles. The summed E-state index contributed by atoms with van der Waals surface area (Å²) in [7, 11) is 0. The van der Waals surface area contributed by atoms with Crippen LogP contribution < -0.4 is 25.2 Å². The highest BCUT2D eigenvalue weighted by molar-refractivity contribution is 6.15. The third-order valence-corrected chi connectivity index (χ3v) is 6.00. The largest absolute Gasteiger partial charge is 0.494 e. The molecule has 0 fully saturated rings. The van der Waals surface area contributed by atoms with Gasteiger partial charge in [-0.2, -0.15) is 0 Å².